The molecule has 1 aliphatic rings. The maximum atomic E-state index is 12.3. The summed E-state index contributed by atoms with van der Waals surface area (Å²) in [6.45, 7) is 0. The van der Waals surface area contributed by atoms with Gasteiger partial charge in [-0.3, -0.25) is 4.79 Å². The van der Waals surface area contributed by atoms with Crippen LogP contribution in [0.15, 0.2) is 27.4 Å². The lowest BCUT2D eigenvalue weighted by Crippen LogP contribution is -2.27. The average Bonchev–Trinajstić information content (AvgIpc) is 2.87. The first-order valence-corrected chi connectivity index (χ1v) is 7.80. The van der Waals surface area contributed by atoms with Gasteiger partial charge in [0.1, 0.15) is 24.8 Å². The van der Waals surface area contributed by atoms with Gasteiger partial charge in [-0.25, -0.2) is 4.98 Å². The molecule has 0 unspecified atom stereocenters. The van der Waals surface area contributed by atoms with Crippen LogP contribution < -0.4 is 16.8 Å². The average molecular weight is 295 g/mol. The Labute approximate surface area is 128 Å². The molecule has 1 saturated carbocycles. The maximum Gasteiger partial charge on any atom is 0.294 e. The second-order valence-electron chi connectivity index (χ2n) is 6.34. The molecule has 2 aromatic heterocycles. The number of aromatic amines is 1. The molecule has 22 heavy (non-hydrogen) atoms. The Balaban J connectivity index is 1.89. The largest absolute Gasteiger partial charge is 0.449 e. The first-order valence-electron chi connectivity index (χ1n) is 7.80. The number of rotatable bonds is 1. The molecule has 0 radical (unpaired) electrons. The van der Waals surface area contributed by atoms with E-state index in [1.54, 1.807) is 0 Å². The van der Waals surface area contributed by atoms with Crippen LogP contribution in [0.3, 0.4) is 0 Å². The summed E-state index contributed by atoms with van der Waals surface area (Å²) < 4.78 is 5.67. The van der Waals surface area contributed by atoms with Crippen molar-refractivity contribution in [3.8, 4) is 0 Å². The van der Waals surface area contributed by atoms with Gasteiger partial charge in [-0.05, 0) is 31.7 Å². The number of nitrogens with zero attached hydrogens (tertiary/aromatic N) is 1. The Morgan fingerprint density at radius 3 is 2.82 bits per heavy atom. The number of hydrogen-bond donors (Lipinski definition) is 2. The third-order valence-electron chi connectivity index (χ3n) is 4.66. The molecule has 6 heteroatoms. The molecule has 4 rings (SSSR count). The van der Waals surface area contributed by atoms with Gasteiger partial charge in [-0.2, -0.15) is 0 Å². The van der Waals surface area contributed by atoms with E-state index in [2.05, 4.69) is 4.98 Å². The van der Waals surface area contributed by atoms with Crippen LogP contribution in [0.25, 0.3) is 22.1 Å². The minimum absolute atomic E-state index is 0.191. The Kier molecular flexibility index (Phi) is 3.08. The van der Waals surface area contributed by atoms with Crippen LogP contribution >= 0.6 is 0 Å². The molecule has 1 aromatic carbocycles. The summed E-state index contributed by atoms with van der Waals surface area (Å²) in [5, 5.41) is 0.912. The van der Waals surface area contributed by atoms with Gasteiger partial charge in [0.2, 0.25) is 5.58 Å². The molecule has 0 atom stereocenters. The zero-order valence-electron chi connectivity index (χ0n) is 12.6. The molecular weight excluding hydrogens is 277 g/mol. The van der Waals surface area contributed by atoms with Crippen molar-refractivity contribution in [2.75, 3.05) is 0 Å². The standard InChI is InChI=1S/C16H18BN3O2/c17-9-3-6-12-11(7-9)13-14(22-12)16(21)20-15(19-13)8-1-4-10(18)5-2-8/h3,6-8,10H,1-2,4-5,17-18H2,(H,19,20,21). The van der Waals surface area contributed by atoms with E-state index in [4.69, 9.17) is 15.1 Å². The van der Waals surface area contributed by atoms with Crippen molar-refractivity contribution in [3.63, 3.8) is 0 Å². The lowest BCUT2D eigenvalue weighted by molar-refractivity contribution is 0.385. The van der Waals surface area contributed by atoms with E-state index < -0.39 is 0 Å². The third kappa shape index (κ3) is 2.15. The van der Waals surface area contributed by atoms with Crippen molar-refractivity contribution in [1.29, 1.82) is 0 Å². The Bertz CT molecular complexity index is 907. The van der Waals surface area contributed by atoms with Gasteiger partial charge >= 0.3 is 0 Å². The fraction of sp³-hybridized carbons (Fsp3) is 0.375. The van der Waals surface area contributed by atoms with Crippen molar-refractivity contribution in [1.82, 2.24) is 9.97 Å². The fourth-order valence-corrected chi connectivity index (χ4v) is 3.37. The van der Waals surface area contributed by atoms with E-state index in [0.717, 1.165) is 42.4 Å². The lowest BCUT2D eigenvalue weighted by Gasteiger charge is -2.25. The minimum atomic E-state index is -0.191. The molecule has 0 amide bonds. The summed E-state index contributed by atoms with van der Waals surface area (Å²) in [6, 6.07) is 6.17. The SMILES string of the molecule is Bc1ccc2oc3c(=O)[nH]c(C4CCC(N)CC4)nc3c2c1. The number of nitrogens with two attached hydrogens (primary N) is 1. The summed E-state index contributed by atoms with van der Waals surface area (Å²) in [5.41, 5.74) is 8.60. The molecular formula is C16H18BN3O2. The van der Waals surface area contributed by atoms with Crippen LogP contribution in [0.1, 0.15) is 37.4 Å². The van der Waals surface area contributed by atoms with Crippen molar-refractivity contribution in [3.05, 3.63) is 34.4 Å². The third-order valence-corrected chi connectivity index (χ3v) is 4.66. The van der Waals surface area contributed by atoms with Gasteiger partial charge in [0, 0.05) is 17.3 Å². The highest BCUT2D eigenvalue weighted by atomic mass is 16.3. The number of hydrogen-bond acceptors (Lipinski definition) is 4. The predicted octanol–water partition coefficient (Wildman–Crippen LogP) is 0.913. The van der Waals surface area contributed by atoms with Gasteiger partial charge in [-0.1, -0.05) is 17.6 Å². The molecule has 5 nitrogen and oxygen atoms in total. The van der Waals surface area contributed by atoms with Crippen molar-refractivity contribution in [2.24, 2.45) is 5.73 Å². The topological polar surface area (TPSA) is 84.9 Å². The Morgan fingerprint density at radius 2 is 2.05 bits per heavy atom. The van der Waals surface area contributed by atoms with Gasteiger partial charge in [-0.15, -0.1) is 0 Å². The van der Waals surface area contributed by atoms with Gasteiger partial charge < -0.3 is 15.1 Å². The Morgan fingerprint density at radius 1 is 1.27 bits per heavy atom. The van der Waals surface area contributed by atoms with Gasteiger partial charge in [0.25, 0.3) is 5.56 Å². The predicted molar refractivity (Wildman–Crippen MR) is 89.5 cm³/mol. The van der Waals surface area contributed by atoms with E-state index in [1.165, 1.54) is 0 Å². The van der Waals surface area contributed by atoms with Crippen molar-refractivity contribution >= 4 is 35.4 Å². The maximum absolute atomic E-state index is 12.3. The second-order valence-corrected chi connectivity index (χ2v) is 6.34. The molecule has 0 saturated heterocycles. The number of fused-ring (bicyclic) bond motifs is 3. The highest BCUT2D eigenvalue weighted by Gasteiger charge is 2.23. The summed E-state index contributed by atoms with van der Waals surface area (Å²) in [5.74, 6) is 1.06. The van der Waals surface area contributed by atoms with Crippen LogP contribution in [0.2, 0.25) is 0 Å². The summed E-state index contributed by atoms with van der Waals surface area (Å²) in [6.07, 6.45) is 3.92. The number of aromatic nitrogens is 2. The lowest BCUT2D eigenvalue weighted by atomic mass is 9.86. The summed E-state index contributed by atoms with van der Waals surface area (Å²) in [7, 11) is 2.02. The van der Waals surface area contributed by atoms with E-state index in [1.807, 2.05) is 26.0 Å². The Hall–Kier alpha value is -2.08. The highest BCUT2D eigenvalue weighted by molar-refractivity contribution is 6.33. The number of furan rings is 1. The monoisotopic (exact) mass is 295 g/mol. The zero-order valence-corrected chi connectivity index (χ0v) is 12.6. The van der Waals surface area contributed by atoms with Crippen LogP contribution in [-0.2, 0) is 0 Å². The summed E-state index contributed by atoms with van der Waals surface area (Å²) in [4.78, 5) is 20.0. The van der Waals surface area contributed by atoms with E-state index in [-0.39, 0.29) is 17.5 Å². The number of H-pyrrole nitrogens is 1. The molecule has 112 valence electrons. The zero-order chi connectivity index (χ0) is 15.3. The normalized spacial score (nSPS) is 22.4. The second kappa shape index (κ2) is 4.99. The van der Waals surface area contributed by atoms with Crippen LogP contribution in [-0.4, -0.2) is 23.9 Å². The molecule has 2 heterocycles. The van der Waals surface area contributed by atoms with Crippen LogP contribution in [0, 0.1) is 0 Å². The van der Waals surface area contributed by atoms with Crippen LogP contribution in [0.5, 0.6) is 0 Å². The molecule has 3 aromatic rings. The van der Waals surface area contributed by atoms with Gasteiger partial charge in [0.15, 0.2) is 0 Å². The first-order chi connectivity index (χ1) is 10.6. The fourth-order valence-electron chi connectivity index (χ4n) is 3.37. The van der Waals surface area contributed by atoms with Crippen LogP contribution in [0.4, 0.5) is 0 Å². The molecule has 0 spiro atoms. The first kappa shape index (κ1) is 13.6. The van der Waals surface area contributed by atoms with Crippen molar-refractivity contribution in [2.45, 2.75) is 37.6 Å². The quantitative estimate of drug-likeness (QED) is 0.654. The minimum Gasteiger partial charge on any atom is -0.449 e. The van der Waals surface area contributed by atoms with Gasteiger partial charge in [0.05, 0.1) is 0 Å². The highest BCUT2D eigenvalue weighted by Crippen LogP contribution is 2.31. The smallest absolute Gasteiger partial charge is 0.294 e. The number of nitrogens with one attached hydrogen (secondary N) is 1. The van der Waals surface area contributed by atoms with Crippen molar-refractivity contribution < 1.29 is 4.42 Å². The molecule has 3 N–H and O–H groups in total. The van der Waals surface area contributed by atoms with E-state index in [9.17, 15) is 4.79 Å². The molecule has 0 aliphatic heterocycles. The molecule has 1 fully saturated rings. The number of benzene rings is 1. The summed E-state index contributed by atoms with van der Waals surface area (Å²) >= 11 is 0. The van der Waals surface area contributed by atoms with E-state index >= 15 is 0 Å². The molecule has 1 aliphatic carbocycles. The van der Waals surface area contributed by atoms with E-state index in [0.29, 0.717) is 16.7 Å². The molecule has 0 bridgehead atoms.